The van der Waals surface area contributed by atoms with Crippen molar-refractivity contribution in [1.29, 1.82) is 0 Å². The number of rotatable bonds is 5. The van der Waals surface area contributed by atoms with Crippen LogP contribution in [0.2, 0.25) is 0 Å². The first-order valence-corrected chi connectivity index (χ1v) is 8.05. The monoisotopic (exact) mass is 352 g/mol. The third kappa shape index (κ3) is 4.01. The second kappa shape index (κ2) is 6.87. The number of hydrogen-bond acceptors (Lipinski definition) is 3. The number of halogens is 3. The van der Waals surface area contributed by atoms with E-state index in [0.717, 1.165) is 11.8 Å². The lowest BCUT2D eigenvalue weighted by molar-refractivity contribution is -0.141. The molecule has 2 atom stereocenters. The number of nitrogens with one attached hydrogen (secondary N) is 1. The lowest BCUT2D eigenvalue weighted by atomic mass is 9.98. The van der Waals surface area contributed by atoms with E-state index < -0.39 is 23.8 Å². The van der Waals surface area contributed by atoms with Crippen LogP contribution in [0.4, 0.5) is 13.2 Å². The highest BCUT2D eigenvalue weighted by atomic mass is 19.4. The summed E-state index contributed by atoms with van der Waals surface area (Å²) < 4.78 is 39.8. The summed E-state index contributed by atoms with van der Waals surface area (Å²) in [6.07, 6.45) is -2.18. The van der Waals surface area contributed by atoms with Crippen molar-refractivity contribution in [3.8, 4) is 0 Å². The smallest absolute Gasteiger partial charge is 0.368 e. The number of hydrogen-bond donors (Lipinski definition) is 2. The third-order valence-electron chi connectivity index (χ3n) is 4.41. The molecule has 0 bridgehead atoms. The molecule has 0 saturated carbocycles. The fraction of sp³-hybridized carbons (Fsp3) is 0.412. The number of amides is 1. The van der Waals surface area contributed by atoms with Crippen LogP contribution in [0, 0.1) is 5.92 Å². The van der Waals surface area contributed by atoms with Crippen LogP contribution in [-0.4, -0.2) is 22.0 Å². The number of carbonyl (C=O) groups is 1. The zero-order valence-corrected chi connectivity index (χ0v) is 13.5. The molecule has 1 aromatic carbocycles. The van der Waals surface area contributed by atoms with Crippen LogP contribution < -0.4 is 11.1 Å². The Morgan fingerprint density at radius 1 is 1.36 bits per heavy atom. The van der Waals surface area contributed by atoms with Crippen LogP contribution >= 0.6 is 0 Å². The maximum absolute atomic E-state index is 12.8. The second-order valence-corrected chi connectivity index (χ2v) is 6.25. The summed E-state index contributed by atoms with van der Waals surface area (Å²) in [4.78, 5) is 15.4. The van der Waals surface area contributed by atoms with Gasteiger partial charge >= 0.3 is 6.18 Å². The first kappa shape index (κ1) is 17.5. The van der Waals surface area contributed by atoms with Gasteiger partial charge in [0.05, 0.1) is 0 Å². The minimum Gasteiger partial charge on any atom is -0.368 e. The van der Waals surface area contributed by atoms with Gasteiger partial charge in [-0.15, -0.1) is 0 Å². The summed E-state index contributed by atoms with van der Waals surface area (Å²) in [5, 5.41) is 3.14. The molecule has 1 aliphatic heterocycles. The second-order valence-electron chi connectivity index (χ2n) is 6.25. The normalized spacial score (nSPS) is 18.6. The van der Waals surface area contributed by atoms with Gasteiger partial charge < -0.3 is 15.6 Å². The summed E-state index contributed by atoms with van der Waals surface area (Å²) in [6.45, 7) is 0.924. The first-order chi connectivity index (χ1) is 11.8. The van der Waals surface area contributed by atoms with Crippen molar-refractivity contribution < 1.29 is 18.0 Å². The average molecular weight is 352 g/mol. The first-order valence-electron chi connectivity index (χ1n) is 8.05. The van der Waals surface area contributed by atoms with Gasteiger partial charge in [-0.2, -0.15) is 13.2 Å². The predicted molar refractivity (Wildman–Crippen MR) is 85.4 cm³/mol. The van der Waals surface area contributed by atoms with E-state index in [2.05, 4.69) is 10.3 Å². The van der Waals surface area contributed by atoms with Crippen molar-refractivity contribution in [2.45, 2.75) is 31.6 Å². The van der Waals surface area contributed by atoms with Crippen LogP contribution in [0.15, 0.2) is 36.5 Å². The Hall–Kier alpha value is -2.35. The molecule has 134 valence electrons. The highest BCUT2D eigenvalue weighted by Crippen LogP contribution is 2.30. The fourth-order valence-electron chi connectivity index (χ4n) is 3.13. The van der Waals surface area contributed by atoms with Gasteiger partial charge in [0.25, 0.3) is 0 Å². The molecule has 1 aromatic heterocycles. The van der Waals surface area contributed by atoms with Crippen LogP contribution in [0.25, 0.3) is 0 Å². The number of aryl methyl sites for hydroxylation is 1. The molecule has 0 saturated heterocycles. The van der Waals surface area contributed by atoms with E-state index in [9.17, 15) is 18.0 Å². The number of nitrogens with two attached hydrogens (primary N) is 1. The van der Waals surface area contributed by atoms with E-state index in [-0.39, 0.29) is 5.92 Å². The quantitative estimate of drug-likeness (QED) is 0.867. The lowest BCUT2D eigenvalue weighted by Crippen LogP contribution is -2.38. The van der Waals surface area contributed by atoms with E-state index >= 15 is 0 Å². The molecule has 5 nitrogen and oxygen atoms in total. The van der Waals surface area contributed by atoms with E-state index in [4.69, 9.17) is 5.73 Å². The summed E-state index contributed by atoms with van der Waals surface area (Å²) in [6, 6.07) is 8.51. The highest BCUT2D eigenvalue weighted by Gasteiger charge is 2.35. The minimum atomic E-state index is -4.43. The Bertz CT molecular complexity index is 742. The van der Waals surface area contributed by atoms with Gasteiger partial charge in [0.1, 0.15) is 11.9 Å². The number of imidazole rings is 1. The Kier molecular flexibility index (Phi) is 4.80. The summed E-state index contributed by atoms with van der Waals surface area (Å²) in [7, 11) is 0. The van der Waals surface area contributed by atoms with E-state index in [1.807, 2.05) is 30.3 Å². The molecule has 0 radical (unpaired) electrons. The highest BCUT2D eigenvalue weighted by molar-refractivity contribution is 5.81. The van der Waals surface area contributed by atoms with E-state index in [1.165, 1.54) is 0 Å². The van der Waals surface area contributed by atoms with Crippen LogP contribution in [0.3, 0.4) is 0 Å². The van der Waals surface area contributed by atoms with Crippen LogP contribution in [0.1, 0.15) is 29.5 Å². The molecular formula is C17H19F3N4O. The van der Waals surface area contributed by atoms with Crippen molar-refractivity contribution in [3.63, 3.8) is 0 Å². The van der Waals surface area contributed by atoms with Crippen LogP contribution in [0.5, 0.6) is 0 Å². The van der Waals surface area contributed by atoms with Gasteiger partial charge in [-0.25, -0.2) is 4.98 Å². The molecule has 1 aliphatic rings. The zero-order chi connectivity index (χ0) is 18.0. The SMILES string of the molecule is NC(=O)[C@H](NC[C@H]1CCc2nc(C(F)(F)F)cn2C1)c1ccccc1. The number of nitrogens with zero attached hydrogens (tertiary/aromatic N) is 2. The number of carbonyl (C=O) groups excluding carboxylic acids is 1. The summed E-state index contributed by atoms with van der Waals surface area (Å²) in [5.41, 5.74) is 5.39. The Morgan fingerprint density at radius 2 is 2.08 bits per heavy atom. The Labute approximate surface area is 143 Å². The fourth-order valence-corrected chi connectivity index (χ4v) is 3.13. The van der Waals surface area contributed by atoms with Gasteiger partial charge in [0, 0.05) is 25.7 Å². The van der Waals surface area contributed by atoms with Crippen molar-refractivity contribution in [3.05, 3.63) is 53.6 Å². The standard InChI is InChI=1S/C17H19F3N4O/c18-17(19,20)13-10-24-9-11(6-7-14(24)23-13)8-22-15(16(21)25)12-4-2-1-3-5-12/h1-5,10-11,15,22H,6-9H2,(H2,21,25)/t11-,15-/m1/s1. The molecule has 3 N–H and O–H groups in total. The number of fused-ring (bicyclic) bond motifs is 1. The van der Waals surface area contributed by atoms with Crippen LogP contribution in [-0.2, 0) is 23.9 Å². The largest absolute Gasteiger partial charge is 0.434 e. The van der Waals surface area contributed by atoms with Gasteiger partial charge in [-0.1, -0.05) is 30.3 Å². The number of aromatic nitrogens is 2. The molecule has 0 aliphatic carbocycles. The minimum absolute atomic E-state index is 0.105. The van der Waals surface area contributed by atoms with Gasteiger partial charge in [0.15, 0.2) is 5.69 Å². The molecule has 3 rings (SSSR count). The third-order valence-corrected chi connectivity index (χ3v) is 4.41. The van der Waals surface area contributed by atoms with Crippen molar-refractivity contribution in [2.75, 3.05) is 6.54 Å². The van der Waals surface area contributed by atoms with Gasteiger partial charge in [-0.3, -0.25) is 4.79 Å². The molecular weight excluding hydrogens is 333 g/mol. The van der Waals surface area contributed by atoms with Gasteiger partial charge in [-0.05, 0) is 17.9 Å². The maximum Gasteiger partial charge on any atom is 0.434 e. The number of benzene rings is 1. The molecule has 0 spiro atoms. The van der Waals surface area contributed by atoms with Crippen molar-refractivity contribution in [2.24, 2.45) is 11.7 Å². The van der Waals surface area contributed by atoms with E-state index in [0.29, 0.717) is 31.8 Å². The molecule has 25 heavy (non-hydrogen) atoms. The Morgan fingerprint density at radius 3 is 2.72 bits per heavy atom. The topological polar surface area (TPSA) is 72.9 Å². The summed E-state index contributed by atoms with van der Waals surface area (Å²) >= 11 is 0. The summed E-state index contributed by atoms with van der Waals surface area (Å²) in [5.74, 6) is 0.0797. The average Bonchev–Trinajstić information content (AvgIpc) is 2.99. The van der Waals surface area contributed by atoms with Gasteiger partial charge in [0.2, 0.25) is 5.91 Å². The van der Waals surface area contributed by atoms with Crippen molar-refractivity contribution in [1.82, 2.24) is 14.9 Å². The maximum atomic E-state index is 12.8. The molecule has 2 aromatic rings. The molecule has 2 heterocycles. The van der Waals surface area contributed by atoms with Crippen molar-refractivity contribution >= 4 is 5.91 Å². The molecule has 8 heteroatoms. The molecule has 1 amide bonds. The van der Waals surface area contributed by atoms with E-state index in [1.54, 1.807) is 4.57 Å². The zero-order valence-electron chi connectivity index (χ0n) is 13.5. The Balaban J connectivity index is 1.64. The lowest BCUT2D eigenvalue weighted by Gasteiger charge is -2.26. The number of alkyl halides is 3. The predicted octanol–water partition coefficient (Wildman–Crippen LogP) is 2.28. The number of primary amides is 1. The molecule has 0 unspecified atom stereocenters. The molecule has 0 fully saturated rings.